The van der Waals surface area contributed by atoms with E-state index >= 15 is 0 Å². The Kier molecular flexibility index (Phi) is 5.61. The lowest BCUT2D eigenvalue weighted by Crippen LogP contribution is -2.07. The molecule has 0 spiro atoms. The van der Waals surface area contributed by atoms with Gasteiger partial charge in [-0.15, -0.1) is 0 Å². The zero-order valence-corrected chi connectivity index (χ0v) is 16.6. The molecule has 3 heterocycles. The molecule has 0 saturated heterocycles. The summed E-state index contributed by atoms with van der Waals surface area (Å²) in [5.41, 5.74) is 3.58. The van der Waals surface area contributed by atoms with Crippen molar-refractivity contribution in [3.05, 3.63) is 89.6 Å². The Balaban J connectivity index is 1.45. The predicted octanol–water partition coefficient (Wildman–Crippen LogP) is 5.09. The van der Waals surface area contributed by atoms with E-state index in [2.05, 4.69) is 25.3 Å². The summed E-state index contributed by atoms with van der Waals surface area (Å²) in [5.74, 6) is 2.01. The summed E-state index contributed by atoms with van der Waals surface area (Å²) in [6, 6.07) is 15.2. The highest BCUT2D eigenvalue weighted by molar-refractivity contribution is 5.56. The molecule has 1 N–H and O–H groups in total. The van der Waals surface area contributed by atoms with Crippen molar-refractivity contribution >= 4 is 5.82 Å². The SMILES string of the molecule is Cc1nc(-c2ccccn2)nc(NCc2ccc(Oc3ccc(F)cc3)nc2)c1C. The molecule has 0 aliphatic heterocycles. The highest BCUT2D eigenvalue weighted by Crippen LogP contribution is 2.22. The van der Waals surface area contributed by atoms with Crippen molar-refractivity contribution in [2.75, 3.05) is 5.32 Å². The molecule has 0 unspecified atom stereocenters. The van der Waals surface area contributed by atoms with E-state index in [1.807, 2.05) is 38.1 Å². The van der Waals surface area contributed by atoms with E-state index in [0.717, 1.165) is 28.3 Å². The zero-order chi connectivity index (χ0) is 20.9. The maximum atomic E-state index is 13.0. The first-order chi connectivity index (χ1) is 14.6. The maximum Gasteiger partial charge on any atom is 0.219 e. The van der Waals surface area contributed by atoms with Gasteiger partial charge in [0.25, 0.3) is 0 Å². The largest absolute Gasteiger partial charge is 0.439 e. The van der Waals surface area contributed by atoms with Crippen LogP contribution in [0.2, 0.25) is 0 Å². The van der Waals surface area contributed by atoms with Crippen molar-refractivity contribution in [1.82, 2.24) is 19.9 Å². The van der Waals surface area contributed by atoms with Crippen LogP contribution in [0.3, 0.4) is 0 Å². The Morgan fingerprint density at radius 2 is 1.77 bits per heavy atom. The van der Waals surface area contributed by atoms with Crippen LogP contribution >= 0.6 is 0 Å². The number of anilines is 1. The van der Waals surface area contributed by atoms with Gasteiger partial charge < -0.3 is 10.1 Å². The molecule has 3 aromatic heterocycles. The van der Waals surface area contributed by atoms with E-state index in [-0.39, 0.29) is 5.82 Å². The van der Waals surface area contributed by atoms with Gasteiger partial charge in [0.05, 0.1) is 0 Å². The standard InChI is InChI=1S/C23H20FN5O/c1-15-16(2)28-23(20-5-3-4-12-25-20)29-22(15)27-14-17-6-11-21(26-13-17)30-19-9-7-18(24)8-10-19/h3-13H,14H2,1-2H3,(H,27,28,29). The van der Waals surface area contributed by atoms with Crippen LogP contribution in [0.25, 0.3) is 11.5 Å². The maximum absolute atomic E-state index is 13.0. The Hall–Kier alpha value is -3.87. The molecule has 4 aromatic rings. The fourth-order valence-electron chi connectivity index (χ4n) is 2.80. The third-order valence-electron chi connectivity index (χ3n) is 4.58. The fourth-order valence-corrected chi connectivity index (χ4v) is 2.80. The minimum Gasteiger partial charge on any atom is -0.439 e. The number of hydrogen-bond donors (Lipinski definition) is 1. The van der Waals surface area contributed by atoms with Crippen molar-refractivity contribution in [3.63, 3.8) is 0 Å². The number of rotatable bonds is 6. The summed E-state index contributed by atoms with van der Waals surface area (Å²) >= 11 is 0. The van der Waals surface area contributed by atoms with Crippen LogP contribution < -0.4 is 10.1 Å². The monoisotopic (exact) mass is 401 g/mol. The van der Waals surface area contributed by atoms with Gasteiger partial charge in [0.1, 0.15) is 23.1 Å². The lowest BCUT2D eigenvalue weighted by atomic mass is 10.2. The number of aryl methyl sites for hydroxylation is 1. The molecule has 0 bridgehead atoms. The summed E-state index contributed by atoms with van der Waals surface area (Å²) in [5, 5.41) is 3.35. The Bertz CT molecular complexity index is 1130. The van der Waals surface area contributed by atoms with Crippen LogP contribution in [0.4, 0.5) is 10.2 Å². The molecule has 0 fully saturated rings. The normalized spacial score (nSPS) is 10.6. The molecule has 6 nitrogen and oxygen atoms in total. The van der Waals surface area contributed by atoms with Crippen molar-refractivity contribution in [3.8, 4) is 23.1 Å². The van der Waals surface area contributed by atoms with Crippen LogP contribution in [0.5, 0.6) is 11.6 Å². The van der Waals surface area contributed by atoms with Gasteiger partial charge in [0, 0.05) is 36.3 Å². The van der Waals surface area contributed by atoms with Gasteiger partial charge in [-0.3, -0.25) is 4.98 Å². The number of pyridine rings is 2. The van der Waals surface area contributed by atoms with Crippen molar-refractivity contribution in [2.45, 2.75) is 20.4 Å². The molecule has 150 valence electrons. The van der Waals surface area contributed by atoms with Gasteiger partial charge in [-0.1, -0.05) is 12.1 Å². The van der Waals surface area contributed by atoms with E-state index in [0.29, 0.717) is 24.0 Å². The first-order valence-electron chi connectivity index (χ1n) is 9.47. The number of nitrogens with zero attached hydrogens (tertiary/aromatic N) is 4. The highest BCUT2D eigenvalue weighted by atomic mass is 19.1. The number of aromatic nitrogens is 4. The molecular weight excluding hydrogens is 381 g/mol. The zero-order valence-electron chi connectivity index (χ0n) is 16.6. The number of ether oxygens (including phenoxy) is 1. The molecule has 0 amide bonds. The predicted molar refractivity (Wildman–Crippen MR) is 113 cm³/mol. The number of benzene rings is 1. The van der Waals surface area contributed by atoms with Crippen LogP contribution in [-0.2, 0) is 6.54 Å². The quantitative estimate of drug-likeness (QED) is 0.485. The van der Waals surface area contributed by atoms with Gasteiger partial charge in [-0.2, -0.15) is 0 Å². The summed E-state index contributed by atoms with van der Waals surface area (Å²) in [7, 11) is 0. The second kappa shape index (κ2) is 8.65. The van der Waals surface area contributed by atoms with E-state index in [1.54, 1.807) is 30.6 Å². The molecule has 0 saturated carbocycles. The Morgan fingerprint density at radius 1 is 0.933 bits per heavy atom. The summed E-state index contributed by atoms with van der Waals surface area (Å²) in [4.78, 5) is 17.8. The van der Waals surface area contributed by atoms with Crippen molar-refractivity contribution < 1.29 is 9.13 Å². The number of nitrogens with one attached hydrogen (secondary N) is 1. The van der Waals surface area contributed by atoms with E-state index in [4.69, 9.17) is 4.74 Å². The smallest absolute Gasteiger partial charge is 0.219 e. The third kappa shape index (κ3) is 4.57. The molecule has 30 heavy (non-hydrogen) atoms. The van der Waals surface area contributed by atoms with Crippen LogP contribution in [0, 0.1) is 19.7 Å². The Labute approximate surface area is 173 Å². The summed E-state index contributed by atoms with van der Waals surface area (Å²) in [6.07, 6.45) is 3.46. The summed E-state index contributed by atoms with van der Waals surface area (Å²) in [6.45, 7) is 4.48. The summed E-state index contributed by atoms with van der Waals surface area (Å²) < 4.78 is 18.6. The topological polar surface area (TPSA) is 72.8 Å². The van der Waals surface area contributed by atoms with Crippen molar-refractivity contribution in [1.29, 1.82) is 0 Å². The number of hydrogen-bond acceptors (Lipinski definition) is 6. The van der Waals surface area contributed by atoms with Gasteiger partial charge in [0.15, 0.2) is 5.82 Å². The lowest BCUT2D eigenvalue weighted by molar-refractivity contribution is 0.461. The molecule has 0 aliphatic rings. The molecule has 4 rings (SSSR count). The molecule has 0 aliphatic carbocycles. The minimum absolute atomic E-state index is 0.307. The van der Waals surface area contributed by atoms with Gasteiger partial charge in [-0.05, 0) is 55.8 Å². The second-order valence-electron chi connectivity index (χ2n) is 6.74. The van der Waals surface area contributed by atoms with Crippen molar-refractivity contribution in [2.24, 2.45) is 0 Å². The molecule has 7 heteroatoms. The highest BCUT2D eigenvalue weighted by Gasteiger charge is 2.10. The average Bonchev–Trinajstić information content (AvgIpc) is 2.78. The minimum atomic E-state index is -0.307. The van der Waals surface area contributed by atoms with Gasteiger partial charge in [0.2, 0.25) is 5.88 Å². The van der Waals surface area contributed by atoms with Crippen LogP contribution in [-0.4, -0.2) is 19.9 Å². The van der Waals surface area contributed by atoms with E-state index in [1.165, 1.54) is 12.1 Å². The van der Waals surface area contributed by atoms with Gasteiger partial charge >= 0.3 is 0 Å². The van der Waals surface area contributed by atoms with Gasteiger partial charge in [-0.25, -0.2) is 19.3 Å². The van der Waals surface area contributed by atoms with E-state index < -0.39 is 0 Å². The fraction of sp³-hybridized carbons (Fsp3) is 0.130. The molecule has 1 aromatic carbocycles. The van der Waals surface area contributed by atoms with Crippen LogP contribution in [0.1, 0.15) is 16.8 Å². The van der Waals surface area contributed by atoms with E-state index in [9.17, 15) is 4.39 Å². The average molecular weight is 401 g/mol. The number of halogens is 1. The van der Waals surface area contributed by atoms with Crippen LogP contribution in [0.15, 0.2) is 67.0 Å². The third-order valence-corrected chi connectivity index (χ3v) is 4.58. The first kappa shape index (κ1) is 19.4. The molecule has 0 radical (unpaired) electrons. The Morgan fingerprint density at radius 3 is 2.47 bits per heavy atom. The lowest BCUT2D eigenvalue weighted by Gasteiger charge is -2.12. The molecular formula is C23H20FN5O. The first-order valence-corrected chi connectivity index (χ1v) is 9.47. The second-order valence-corrected chi connectivity index (χ2v) is 6.74. The molecule has 0 atom stereocenters.